The average molecular weight is 219 g/mol. The van der Waals surface area contributed by atoms with Gasteiger partial charge in [0.1, 0.15) is 0 Å². The molecule has 0 atom stereocenters. The number of hydrogen-bond donors (Lipinski definition) is 1. The number of benzene rings is 1. The molecule has 0 saturated carbocycles. The predicted molar refractivity (Wildman–Crippen MR) is 71.6 cm³/mol. The van der Waals surface area contributed by atoms with E-state index in [1.807, 2.05) is 26.0 Å². The van der Waals surface area contributed by atoms with Gasteiger partial charge in [0.15, 0.2) is 0 Å². The number of carbonyl (C=O) groups is 1. The van der Waals surface area contributed by atoms with Crippen molar-refractivity contribution in [2.75, 3.05) is 5.32 Å². The number of hydrogen-bond acceptors (Lipinski definition) is 1. The standard InChI is InChI=1S/C12H13NO.C2H6.H2/c1-9(14)13-12-8-4-6-10-5-2-3-7-11(10)12;1-2;/h3-4,6-8H,2,5H2,1H3,(H,13,14);1-2H3;1H. The summed E-state index contributed by atoms with van der Waals surface area (Å²) in [5.74, 6) is -0.0163. The fourth-order valence-corrected chi connectivity index (χ4v) is 1.77. The van der Waals surface area contributed by atoms with Gasteiger partial charge in [-0.1, -0.05) is 38.1 Å². The fourth-order valence-electron chi connectivity index (χ4n) is 1.77. The molecule has 1 aliphatic rings. The van der Waals surface area contributed by atoms with Crippen molar-refractivity contribution < 1.29 is 6.22 Å². The molecular formula is C14H21NO. The van der Waals surface area contributed by atoms with Crippen molar-refractivity contribution >= 4 is 17.7 Å². The van der Waals surface area contributed by atoms with Crippen molar-refractivity contribution in [2.24, 2.45) is 0 Å². The van der Waals surface area contributed by atoms with Crippen LogP contribution in [0.15, 0.2) is 24.3 Å². The first-order chi connectivity index (χ1) is 7.77. The van der Waals surface area contributed by atoms with E-state index in [-0.39, 0.29) is 7.33 Å². The number of aryl methyl sites for hydroxylation is 1. The second-order valence-electron chi connectivity index (χ2n) is 3.50. The second kappa shape index (κ2) is 6.11. The summed E-state index contributed by atoms with van der Waals surface area (Å²) < 4.78 is 0. The Bertz CT molecular complexity index is 399. The summed E-state index contributed by atoms with van der Waals surface area (Å²) in [5, 5.41) is 2.84. The fraction of sp³-hybridized carbons (Fsp3) is 0.357. The number of anilines is 1. The van der Waals surface area contributed by atoms with Gasteiger partial charge in [-0.15, -0.1) is 0 Å². The Hall–Kier alpha value is -1.57. The van der Waals surface area contributed by atoms with Crippen LogP contribution in [0.2, 0.25) is 0 Å². The average Bonchev–Trinajstić information content (AvgIpc) is 2.31. The molecule has 1 amide bonds. The summed E-state index contributed by atoms with van der Waals surface area (Å²) in [6.45, 7) is 5.53. The molecule has 0 spiro atoms. The molecule has 2 nitrogen and oxygen atoms in total. The predicted octanol–water partition coefficient (Wildman–Crippen LogP) is 3.88. The maximum Gasteiger partial charge on any atom is 0.221 e. The van der Waals surface area contributed by atoms with Crippen LogP contribution in [-0.4, -0.2) is 5.91 Å². The van der Waals surface area contributed by atoms with Crippen LogP contribution in [0.25, 0.3) is 6.08 Å². The van der Waals surface area contributed by atoms with Gasteiger partial charge in [-0.3, -0.25) is 4.79 Å². The van der Waals surface area contributed by atoms with Gasteiger partial charge in [-0.05, 0) is 24.5 Å². The number of amides is 1. The summed E-state index contributed by atoms with van der Waals surface area (Å²) in [6.07, 6.45) is 6.40. The number of fused-ring (bicyclic) bond motifs is 1. The van der Waals surface area contributed by atoms with Gasteiger partial charge in [0, 0.05) is 19.6 Å². The van der Waals surface area contributed by atoms with Crippen LogP contribution in [-0.2, 0) is 11.2 Å². The van der Waals surface area contributed by atoms with E-state index >= 15 is 0 Å². The zero-order valence-electron chi connectivity index (χ0n) is 10.2. The molecule has 1 N–H and O–H groups in total. The minimum atomic E-state index is -0.0163. The molecule has 2 heteroatoms. The molecular weight excluding hydrogens is 198 g/mol. The number of carbonyl (C=O) groups excluding carboxylic acids is 1. The Morgan fingerprint density at radius 2 is 2.12 bits per heavy atom. The largest absolute Gasteiger partial charge is 0.326 e. The van der Waals surface area contributed by atoms with Crippen molar-refractivity contribution in [3.05, 3.63) is 35.4 Å². The molecule has 0 saturated heterocycles. The third kappa shape index (κ3) is 2.96. The lowest BCUT2D eigenvalue weighted by Gasteiger charge is -2.14. The lowest BCUT2D eigenvalue weighted by molar-refractivity contribution is -0.114. The number of allylic oxidation sites excluding steroid dienone is 1. The van der Waals surface area contributed by atoms with Crippen LogP contribution in [0.5, 0.6) is 0 Å². The Labute approximate surface area is 98.9 Å². The van der Waals surface area contributed by atoms with Crippen molar-refractivity contribution in [1.29, 1.82) is 0 Å². The van der Waals surface area contributed by atoms with Gasteiger partial charge < -0.3 is 5.32 Å². The van der Waals surface area contributed by atoms with E-state index < -0.39 is 0 Å². The summed E-state index contributed by atoms with van der Waals surface area (Å²) in [6, 6.07) is 6.04. The molecule has 1 aromatic carbocycles. The molecule has 0 fully saturated rings. The third-order valence-corrected chi connectivity index (χ3v) is 2.37. The SMILES string of the molecule is CC.CC(=O)Nc1cccc2c1C=CCC2.[HH]. The zero-order valence-corrected chi connectivity index (χ0v) is 10.2. The Balaban J connectivity index is 0.000000811. The van der Waals surface area contributed by atoms with E-state index in [1.165, 1.54) is 12.5 Å². The molecule has 16 heavy (non-hydrogen) atoms. The summed E-state index contributed by atoms with van der Waals surface area (Å²) in [5.41, 5.74) is 3.40. The van der Waals surface area contributed by atoms with E-state index in [2.05, 4.69) is 23.5 Å². The molecule has 1 aromatic rings. The third-order valence-electron chi connectivity index (χ3n) is 2.37. The maximum atomic E-state index is 11.0. The quantitative estimate of drug-likeness (QED) is 0.763. The molecule has 0 aromatic heterocycles. The van der Waals surface area contributed by atoms with Gasteiger partial charge in [0.05, 0.1) is 0 Å². The van der Waals surface area contributed by atoms with Gasteiger partial charge in [-0.25, -0.2) is 0 Å². The van der Waals surface area contributed by atoms with E-state index in [0.29, 0.717) is 0 Å². The highest BCUT2D eigenvalue weighted by molar-refractivity contribution is 5.91. The number of nitrogens with one attached hydrogen (secondary N) is 1. The van der Waals surface area contributed by atoms with E-state index in [4.69, 9.17) is 0 Å². The number of rotatable bonds is 1. The maximum absolute atomic E-state index is 11.0. The smallest absolute Gasteiger partial charge is 0.221 e. The van der Waals surface area contributed by atoms with Crippen LogP contribution < -0.4 is 5.32 Å². The highest BCUT2D eigenvalue weighted by Crippen LogP contribution is 2.26. The van der Waals surface area contributed by atoms with Crippen LogP contribution in [0.3, 0.4) is 0 Å². The van der Waals surface area contributed by atoms with Crippen molar-refractivity contribution in [2.45, 2.75) is 33.6 Å². The molecule has 0 unspecified atom stereocenters. The van der Waals surface area contributed by atoms with Crippen LogP contribution in [0.1, 0.15) is 39.7 Å². The summed E-state index contributed by atoms with van der Waals surface area (Å²) in [4.78, 5) is 11.0. The normalized spacial score (nSPS) is 12.2. The molecule has 0 heterocycles. The summed E-state index contributed by atoms with van der Waals surface area (Å²) in [7, 11) is 0. The molecule has 88 valence electrons. The Morgan fingerprint density at radius 3 is 2.81 bits per heavy atom. The van der Waals surface area contributed by atoms with Crippen LogP contribution in [0.4, 0.5) is 5.69 Å². The van der Waals surface area contributed by atoms with E-state index in [1.54, 1.807) is 0 Å². The van der Waals surface area contributed by atoms with Gasteiger partial charge >= 0.3 is 0 Å². The monoisotopic (exact) mass is 219 g/mol. The molecule has 1 aliphatic carbocycles. The minimum Gasteiger partial charge on any atom is -0.326 e. The van der Waals surface area contributed by atoms with Gasteiger partial charge in [0.25, 0.3) is 0 Å². The van der Waals surface area contributed by atoms with Gasteiger partial charge in [0.2, 0.25) is 5.91 Å². The topological polar surface area (TPSA) is 29.1 Å². The first kappa shape index (κ1) is 12.5. The second-order valence-corrected chi connectivity index (χ2v) is 3.50. The van der Waals surface area contributed by atoms with Crippen molar-refractivity contribution in [1.82, 2.24) is 0 Å². The van der Waals surface area contributed by atoms with Crippen molar-refractivity contribution in [3.8, 4) is 0 Å². The minimum absolute atomic E-state index is 0. The molecule has 0 aliphatic heterocycles. The van der Waals surface area contributed by atoms with Crippen LogP contribution in [0, 0.1) is 0 Å². The van der Waals surface area contributed by atoms with Gasteiger partial charge in [-0.2, -0.15) is 0 Å². The zero-order chi connectivity index (χ0) is 12.0. The van der Waals surface area contributed by atoms with Crippen LogP contribution >= 0.6 is 0 Å². The lowest BCUT2D eigenvalue weighted by atomic mass is 9.96. The van der Waals surface area contributed by atoms with E-state index in [9.17, 15) is 4.79 Å². The lowest BCUT2D eigenvalue weighted by Crippen LogP contribution is -2.08. The first-order valence-corrected chi connectivity index (χ1v) is 5.83. The first-order valence-electron chi connectivity index (χ1n) is 5.83. The molecule has 0 bridgehead atoms. The Kier molecular flexibility index (Phi) is 4.77. The summed E-state index contributed by atoms with van der Waals surface area (Å²) >= 11 is 0. The van der Waals surface area contributed by atoms with Crippen molar-refractivity contribution in [3.63, 3.8) is 0 Å². The highest BCUT2D eigenvalue weighted by atomic mass is 16.1. The Morgan fingerprint density at radius 1 is 1.38 bits per heavy atom. The highest BCUT2D eigenvalue weighted by Gasteiger charge is 2.08. The molecule has 2 rings (SSSR count). The molecule has 0 radical (unpaired) electrons. The van der Waals surface area contributed by atoms with E-state index in [0.717, 1.165) is 24.1 Å².